The smallest absolute Gasteiger partial charge is 0.146 e. The van der Waals surface area contributed by atoms with Gasteiger partial charge in [-0.2, -0.15) is 0 Å². The van der Waals surface area contributed by atoms with Crippen molar-refractivity contribution in [1.82, 2.24) is 10.3 Å². The first kappa shape index (κ1) is 12.5. The van der Waals surface area contributed by atoms with Gasteiger partial charge in [0.05, 0.1) is 15.7 Å². The molecule has 90 valence electrons. The van der Waals surface area contributed by atoms with E-state index in [2.05, 4.69) is 10.3 Å². The summed E-state index contributed by atoms with van der Waals surface area (Å²) in [6, 6.07) is 5.01. The third-order valence-electron chi connectivity index (χ3n) is 2.32. The second-order valence-corrected chi connectivity index (χ2v) is 5.14. The summed E-state index contributed by atoms with van der Waals surface area (Å²) in [6.45, 7) is 3.05. The molecule has 0 spiro atoms. The Morgan fingerprint density at radius 2 is 2.24 bits per heavy atom. The summed E-state index contributed by atoms with van der Waals surface area (Å²) in [7, 11) is 0. The van der Waals surface area contributed by atoms with Crippen molar-refractivity contribution in [2.75, 3.05) is 0 Å². The molecule has 2 nitrogen and oxygen atoms in total. The topological polar surface area (TPSA) is 24.9 Å². The van der Waals surface area contributed by atoms with E-state index >= 15 is 0 Å². The lowest BCUT2D eigenvalue weighted by molar-refractivity contribution is 0.586. The van der Waals surface area contributed by atoms with E-state index in [-0.39, 0.29) is 10.8 Å². The summed E-state index contributed by atoms with van der Waals surface area (Å²) in [5.41, 5.74) is 1.55. The second kappa shape index (κ2) is 5.58. The number of aromatic nitrogens is 1. The first-order valence-corrected chi connectivity index (χ1v) is 6.47. The lowest BCUT2D eigenvalue weighted by Crippen LogP contribution is -2.14. The van der Waals surface area contributed by atoms with Crippen LogP contribution < -0.4 is 5.32 Å². The van der Waals surface area contributed by atoms with Gasteiger partial charge in [0, 0.05) is 24.0 Å². The molecule has 0 saturated heterocycles. The van der Waals surface area contributed by atoms with Crippen LogP contribution in [0, 0.1) is 12.7 Å². The second-order valence-electron chi connectivity index (χ2n) is 3.67. The van der Waals surface area contributed by atoms with Crippen LogP contribution in [0.15, 0.2) is 23.6 Å². The molecular formula is C12H12ClFN2S. The van der Waals surface area contributed by atoms with Crippen molar-refractivity contribution in [3.05, 3.63) is 50.7 Å². The number of hydrogen-bond acceptors (Lipinski definition) is 3. The minimum atomic E-state index is -0.351. The van der Waals surface area contributed by atoms with Crippen LogP contribution >= 0.6 is 22.9 Å². The molecule has 0 bridgehead atoms. The van der Waals surface area contributed by atoms with Gasteiger partial charge in [-0.3, -0.25) is 0 Å². The van der Waals surface area contributed by atoms with Gasteiger partial charge >= 0.3 is 0 Å². The van der Waals surface area contributed by atoms with Gasteiger partial charge in [-0.25, -0.2) is 9.37 Å². The van der Waals surface area contributed by atoms with Gasteiger partial charge in [0.1, 0.15) is 5.82 Å². The fourth-order valence-electron chi connectivity index (χ4n) is 1.50. The Bertz CT molecular complexity index is 513. The summed E-state index contributed by atoms with van der Waals surface area (Å²) < 4.78 is 13.5. The molecule has 17 heavy (non-hydrogen) atoms. The molecule has 1 N–H and O–H groups in total. The van der Waals surface area contributed by atoms with E-state index in [4.69, 9.17) is 11.6 Å². The summed E-state index contributed by atoms with van der Waals surface area (Å²) in [4.78, 5) is 4.32. The van der Waals surface area contributed by atoms with Gasteiger partial charge in [-0.15, -0.1) is 11.3 Å². The van der Waals surface area contributed by atoms with Crippen LogP contribution in [0.4, 0.5) is 4.39 Å². The van der Waals surface area contributed by atoms with Crippen LogP contribution in [0.25, 0.3) is 0 Å². The molecule has 2 aromatic rings. The fraction of sp³-hybridized carbons (Fsp3) is 0.250. The highest BCUT2D eigenvalue weighted by Gasteiger charge is 2.05. The Kier molecular flexibility index (Phi) is 4.10. The van der Waals surface area contributed by atoms with Crippen LogP contribution in [0.2, 0.25) is 5.02 Å². The van der Waals surface area contributed by atoms with E-state index in [0.717, 1.165) is 10.7 Å². The molecule has 1 aromatic carbocycles. The first-order valence-electron chi connectivity index (χ1n) is 5.21. The first-order chi connectivity index (χ1) is 8.16. The van der Waals surface area contributed by atoms with Gasteiger partial charge in [0.15, 0.2) is 0 Å². The number of nitrogens with one attached hydrogen (secondary N) is 1. The molecule has 0 aliphatic carbocycles. The summed E-state index contributed by atoms with van der Waals surface area (Å²) >= 11 is 7.31. The third kappa shape index (κ3) is 3.25. The number of thiazole rings is 1. The Morgan fingerprint density at radius 3 is 2.94 bits per heavy atom. The van der Waals surface area contributed by atoms with Crippen molar-refractivity contribution in [2.45, 2.75) is 20.0 Å². The standard InChI is InChI=1S/C12H12ClFN2S/c1-8-16-10(7-17-8)6-15-5-9-3-2-4-11(13)12(9)14/h2-4,7,15H,5-6H2,1H3. The predicted molar refractivity (Wildman–Crippen MR) is 68.8 cm³/mol. The Balaban J connectivity index is 1.92. The van der Waals surface area contributed by atoms with E-state index in [1.165, 1.54) is 0 Å². The molecule has 0 amide bonds. The summed E-state index contributed by atoms with van der Waals surface area (Å²) in [5, 5.41) is 6.34. The highest BCUT2D eigenvalue weighted by Crippen LogP contribution is 2.17. The molecule has 0 aliphatic heterocycles. The van der Waals surface area contributed by atoms with Crippen molar-refractivity contribution in [1.29, 1.82) is 0 Å². The summed E-state index contributed by atoms with van der Waals surface area (Å²) in [5.74, 6) is -0.351. The van der Waals surface area contributed by atoms with E-state index < -0.39 is 0 Å². The number of halogens is 2. The van der Waals surface area contributed by atoms with E-state index in [9.17, 15) is 4.39 Å². The molecule has 0 radical (unpaired) electrons. The van der Waals surface area contributed by atoms with Crippen LogP contribution in [-0.4, -0.2) is 4.98 Å². The van der Waals surface area contributed by atoms with Crippen LogP contribution in [0.3, 0.4) is 0 Å². The Morgan fingerprint density at radius 1 is 1.41 bits per heavy atom. The number of aryl methyl sites for hydroxylation is 1. The lowest BCUT2D eigenvalue weighted by Gasteiger charge is -2.05. The number of rotatable bonds is 4. The SMILES string of the molecule is Cc1nc(CNCc2cccc(Cl)c2F)cs1. The molecule has 0 atom stereocenters. The van der Waals surface area contributed by atoms with Crippen molar-refractivity contribution >= 4 is 22.9 Å². The van der Waals surface area contributed by atoms with E-state index in [1.54, 1.807) is 29.5 Å². The zero-order valence-electron chi connectivity index (χ0n) is 9.34. The molecule has 1 aromatic heterocycles. The lowest BCUT2D eigenvalue weighted by atomic mass is 10.2. The number of benzene rings is 1. The normalized spacial score (nSPS) is 10.8. The zero-order valence-corrected chi connectivity index (χ0v) is 10.9. The van der Waals surface area contributed by atoms with Crippen LogP contribution in [0.1, 0.15) is 16.3 Å². The predicted octanol–water partition coefficient (Wildman–Crippen LogP) is 3.53. The molecule has 5 heteroatoms. The van der Waals surface area contributed by atoms with Crippen molar-refractivity contribution in [2.24, 2.45) is 0 Å². The average molecular weight is 271 g/mol. The molecule has 2 rings (SSSR count). The maximum atomic E-state index is 13.5. The Hall–Kier alpha value is -0.970. The van der Waals surface area contributed by atoms with Gasteiger partial charge in [0.2, 0.25) is 0 Å². The van der Waals surface area contributed by atoms with Crippen molar-refractivity contribution in [3.63, 3.8) is 0 Å². The minimum Gasteiger partial charge on any atom is -0.307 e. The fourth-order valence-corrected chi connectivity index (χ4v) is 2.31. The van der Waals surface area contributed by atoms with Gasteiger partial charge in [-0.05, 0) is 13.0 Å². The van der Waals surface area contributed by atoms with Gasteiger partial charge < -0.3 is 5.32 Å². The highest BCUT2D eigenvalue weighted by atomic mass is 35.5. The van der Waals surface area contributed by atoms with E-state index in [1.807, 2.05) is 12.3 Å². The maximum Gasteiger partial charge on any atom is 0.146 e. The largest absolute Gasteiger partial charge is 0.307 e. The van der Waals surface area contributed by atoms with Gasteiger partial charge in [0.25, 0.3) is 0 Å². The quantitative estimate of drug-likeness (QED) is 0.919. The molecule has 0 fully saturated rings. The van der Waals surface area contributed by atoms with Crippen LogP contribution in [-0.2, 0) is 13.1 Å². The molecule has 0 aliphatic rings. The summed E-state index contributed by atoms with van der Waals surface area (Å²) in [6.07, 6.45) is 0. The van der Waals surface area contributed by atoms with E-state index in [0.29, 0.717) is 18.7 Å². The molecule has 1 heterocycles. The zero-order chi connectivity index (χ0) is 12.3. The highest BCUT2D eigenvalue weighted by molar-refractivity contribution is 7.09. The average Bonchev–Trinajstić information content (AvgIpc) is 2.70. The molecule has 0 unspecified atom stereocenters. The molecule has 0 saturated carbocycles. The molecular weight excluding hydrogens is 259 g/mol. The number of hydrogen-bond donors (Lipinski definition) is 1. The third-order valence-corrected chi connectivity index (χ3v) is 3.43. The maximum absolute atomic E-state index is 13.5. The van der Waals surface area contributed by atoms with Gasteiger partial charge in [-0.1, -0.05) is 23.7 Å². The minimum absolute atomic E-state index is 0.161. The number of nitrogens with zero attached hydrogens (tertiary/aromatic N) is 1. The van der Waals surface area contributed by atoms with Crippen molar-refractivity contribution in [3.8, 4) is 0 Å². The van der Waals surface area contributed by atoms with Crippen LogP contribution in [0.5, 0.6) is 0 Å². The van der Waals surface area contributed by atoms with Crippen molar-refractivity contribution < 1.29 is 4.39 Å². The Labute approximate surface area is 108 Å². The monoisotopic (exact) mass is 270 g/mol.